The zero-order valence-electron chi connectivity index (χ0n) is 6.64. The summed E-state index contributed by atoms with van der Waals surface area (Å²) in [7, 11) is 0. The minimum absolute atomic E-state index is 0.917. The molecule has 0 saturated heterocycles. The van der Waals surface area contributed by atoms with Crippen molar-refractivity contribution in [2.75, 3.05) is 0 Å². The minimum Gasteiger partial charge on any atom is -0.124 e. The number of allylic oxidation sites excluding steroid dienone is 3. The van der Waals surface area contributed by atoms with E-state index in [1.54, 1.807) is 0 Å². The average molecular weight is 135 g/mol. The molecule has 1 radical (unpaired) electrons. The van der Waals surface area contributed by atoms with Gasteiger partial charge in [-0.1, -0.05) is 31.9 Å². The van der Waals surface area contributed by atoms with Crippen LogP contribution in [0.3, 0.4) is 0 Å². The lowest BCUT2D eigenvalue weighted by Gasteiger charge is -1.85. The summed E-state index contributed by atoms with van der Waals surface area (Å²) >= 11 is 0. The van der Waals surface area contributed by atoms with E-state index in [1.807, 2.05) is 6.08 Å². The first kappa shape index (κ1) is 9.26. The number of rotatable bonds is 5. The Hall–Kier alpha value is -0.740. The summed E-state index contributed by atoms with van der Waals surface area (Å²) < 4.78 is 0. The second-order valence-corrected chi connectivity index (χ2v) is 2.22. The van der Waals surface area contributed by atoms with Crippen molar-refractivity contribution in [3.05, 3.63) is 30.5 Å². The predicted molar refractivity (Wildman–Crippen MR) is 45.7 cm³/mol. The summed E-state index contributed by atoms with van der Waals surface area (Å²) in [6.07, 6.45) is 10.8. The number of hydrogen-bond acceptors (Lipinski definition) is 0. The van der Waals surface area contributed by atoms with E-state index in [0.29, 0.717) is 0 Å². The predicted octanol–water partition coefficient (Wildman–Crippen LogP) is 3.27. The summed E-state index contributed by atoms with van der Waals surface area (Å²) in [5, 5.41) is 0. The van der Waals surface area contributed by atoms with Gasteiger partial charge in [-0.25, -0.2) is 0 Å². The maximum atomic E-state index is 5.03. The Morgan fingerprint density at radius 1 is 1.40 bits per heavy atom. The standard InChI is InChI=1S/C10H15/c1-3-5-7-9-10-8-6-4-2/h1,5,9-10H,4,6-8H2,2H3. The third kappa shape index (κ3) is 7.26. The Morgan fingerprint density at radius 2 is 2.20 bits per heavy atom. The maximum Gasteiger partial charge on any atom is -0.00929 e. The largest absolute Gasteiger partial charge is 0.124 e. The van der Waals surface area contributed by atoms with Gasteiger partial charge in [-0.3, -0.25) is 0 Å². The van der Waals surface area contributed by atoms with E-state index in [-0.39, 0.29) is 0 Å². The molecule has 55 valence electrons. The molecule has 0 amide bonds. The topological polar surface area (TPSA) is 0 Å². The molecule has 0 N–H and O–H groups in total. The molecule has 0 unspecified atom stereocenters. The fourth-order valence-electron chi connectivity index (χ4n) is 0.672. The molecule has 0 rings (SSSR count). The molecular weight excluding hydrogens is 120 g/mol. The monoisotopic (exact) mass is 135 g/mol. The Labute approximate surface area is 64.0 Å². The van der Waals surface area contributed by atoms with Crippen molar-refractivity contribution < 1.29 is 0 Å². The molecule has 0 aliphatic carbocycles. The Bertz CT molecular complexity index is 125. The Kier molecular flexibility index (Phi) is 7.65. The molecule has 0 spiro atoms. The highest BCUT2D eigenvalue weighted by molar-refractivity contribution is 4.89. The van der Waals surface area contributed by atoms with E-state index in [1.165, 1.54) is 19.3 Å². The minimum atomic E-state index is 0.917. The summed E-state index contributed by atoms with van der Waals surface area (Å²) in [5.74, 6) is 0. The average Bonchev–Trinajstić information content (AvgIpc) is 1.97. The van der Waals surface area contributed by atoms with Crippen LogP contribution in [0.5, 0.6) is 0 Å². The zero-order chi connectivity index (χ0) is 7.66. The molecule has 0 aromatic heterocycles. The fourth-order valence-corrected chi connectivity index (χ4v) is 0.672. The third-order valence-electron chi connectivity index (χ3n) is 1.26. The second-order valence-electron chi connectivity index (χ2n) is 2.22. The molecule has 0 aromatic carbocycles. The van der Waals surface area contributed by atoms with E-state index in [4.69, 9.17) is 6.58 Å². The molecule has 0 nitrogen and oxygen atoms in total. The normalized spacial score (nSPS) is 9.70. The highest BCUT2D eigenvalue weighted by Gasteiger charge is 1.75. The third-order valence-corrected chi connectivity index (χ3v) is 1.26. The molecule has 0 aliphatic rings. The molecule has 0 saturated carbocycles. The van der Waals surface area contributed by atoms with Gasteiger partial charge in [0.25, 0.3) is 0 Å². The van der Waals surface area contributed by atoms with Gasteiger partial charge >= 0.3 is 0 Å². The van der Waals surface area contributed by atoms with Crippen LogP contribution >= 0.6 is 0 Å². The first-order valence-corrected chi connectivity index (χ1v) is 3.84. The first-order chi connectivity index (χ1) is 4.91. The van der Waals surface area contributed by atoms with Crippen molar-refractivity contribution in [2.45, 2.75) is 32.6 Å². The van der Waals surface area contributed by atoms with Crippen LogP contribution in [0.15, 0.2) is 24.0 Å². The lowest BCUT2D eigenvalue weighted by atomic mass is 10.2. The molecule has 10 heavy (non-hydrogen) atoms. The van der Waals surface area contributed by atoms with Crippen LogP contribution in [-0.2, 0) is 0 Å². The van der Waals surface area contributed by atoms with Crippen molar-refractivity contribution in [1.82, 2.24) is 0 Å². The van der Waals surface area contributed by atoms with Gasteiger partial charge in [0.15, 0.2) is 0 Å². The lowest BCUT2D eigenvalue weighted by molar-refractivity contribution is 0.813. The van der Waals surface area contributed by atoms with Crippen molar-refractivity contribution in [3.8, 4) is 0 Å². The zero-order valence-corrected chi connectivity index (χ0v) is 6.64. The SMILES string of the molecule is [CH]=C=CCC=CCCCC. The van der Waals surface area contributed by atoms with E-state index < -0.39 is 0 Å². The number of unbranched alkanes of at least 4 members (excludes halogenated alkanes) is 2. The van der Waals surface area contributed by atoms with Crippen LogP contribution in [0.1, 0.15) is 32.6 Å². The second kappa shape index (κ2) is 8.26. The van der Waals surface area contributed by atoms with E-state index >= 15 is 0 Å². The molecule has 0 fully saturated rings. The van der Waals surface area contributed by atoms with Gasteiger partial charge in [0, 0.05) is 0 Å². The highest BCUT2D eigenvalue weighted by Crippen LogP contribution is 1.95. The van der Waals surface area contributed by atoms with E-state index in [9.17, 15) is 0 Å². The van der Waals surface area contributed by atoms with Gasteiger partial charge in [-0.2, -0.15) is 0 Å². The van der Waals surface area contributed by atoms with Crippen LogP contribution in [0.4, 0.5) is 0 Å². The quantitative estimate of drug-likeness (QED) is 0.308. The Balaban J connectivity index is 3.11. The molecule has 0 bridgehead atoms. The summed E-state index contributed by atoms with van der Waals surface area (Å²) in [6.45, 7) is 7.23. The first-order valence-electron chi connectivity index (χ1n) is 3.84. The van der Waals surface area contributed by atoms with E-state index in [0.717, 1.165) is 6.42 Å². The molecule has 0 heterocycles. The van der Waals surface area contributed by atoms with Crippen molar-refractivity contribution in [2.24, 2.45) is 0 Å². The maximum absolute atomic E-state index is 5.03. The molecule has 0 aromatic rings. The van der Waals surface area contributed by atoms with Gasteiger partial charge in [-0.05, 0) is 25.5 Å². The molecular formula is C10H15. The highest BCUT2D eigenvalue weighted by atomic mass is 13.8. The van der Waals surface area contributed by atoms with Gasteiger partial charge in [0.2, 0.25) is 0 Å². The fraction of sp³-hybridized carbons (Fsp3) is 0.500. The Morgan fingerprint density at radius 3 is 2.80 bits per heavy atom. The van der Waals surface area contributed by atoms with Gasteiger partial charge in [0.1, 0.15) is 0 Å². The smallest absolute Gasteiger partial charge is 0.00929 e. The van der Waals surface area contributed by atoms with E-state index in [2.05, 4.69) is 24.8 Å². The van der Waals surface area contributed by atoms with Gasteiger partial charge in [0.05, 0.1) is 0 Å². The van der Waals surface area contributed by atoms with Crippen LogP contribution in [-0.4, -0.2) is 0 Å². The van der Waals surface area contributed by atoms with Crippen molar-refractivity contribution in [3.63, 3.8) is 0 Å². The van der Waals surface area contributed by atoms with Crippen molar-refractivity contribution in [1.29, 1.82) is 0 Å². The summed E-state index contributed by atoms with van der Waals surface area (Å²) in [4.78, 5) is 0. The lowest BCUT2D eigenvalue weighted by Crippen LogP contribution is -1.65. The number of hydrogen-bond donors (Lipinski definition) is 0. The molecule has 0 heteroatoms. The van der Waals surface area contributed by atoms with Crippen LogP contribution in [0, 0.1) is 6.58 Å². The summed E-state index contributed by atoms with van der Waals surface area (Å²) in [6, 6.07) is 0. The van der Waals surface area contributed by atoms with Crippen molar-refractivity contribution >= 4 is 0 Å². The van der Waals surface area contributed by atoms with Gasteiger partial charge in [-0.15, -0.1) is 5.73 Å². The summed E-state index contributed by atoms with van der Waals surface area (Å²) in [5.41, 5.74) is 2.48. The molecule has 0 aliphatic heterocycles. The van der Waals surface area contributed by atoms with Crippen LogP contribution < -0.4 is 0 Å². The van der Waals surface area contributed by atoms with Crippen LogP contribution in [0.25, 0.3) is 0 Å². The molecule has 0 atom stereocenters. The van der Waals surface area contributed by atoms with Crippen LogP contribution in [0.2, 0.25) is 0 Å². The van der Waals surface area contributed by atoms with Gasteiger partial charge < -0.3 is 0 Å².